The predicted molar refractivity (Wildman–Crippen MR) is 48.5 cm³/mol. The van der Waals surface area contributed by atoms with Crippen LogP contribution in [0.15, 0.2) is 15.5 Å². The molecule has 1 rings (SSSR count). The first-order chi connectivity index (χ1) is 6.99. The highest BCUT2D eigenvalue weighted by atomic mass is 79.9. The molecule has 78 valence electrons. The Kier molecular flexibility index (Phi) is 3.23. The van der Waals surface area contributed by atoms with Gasteiger partial charge in [-0.1, -0.05) is 0 Å². The highest BCUT2D eigenvalue weighted by molar-refractivity contribution is 9.10. The average Bonchev–Trinajstić information content (AvgIpc) is 2.18. The molecule has 0 N–H and O–H groups in total. The summed E-state index contributed by atoms with van der Waals surface area (Å²) in [5.41, 5.74) is -1.42. The second-order valence-electron chi connectivity index (χ2n) is 2.31. The van der Waals surface area contributed by atoms with E-state index in [2.05, 4.69) is 20.9 Å². The van der Waals surface area contributed by atoms with Crippen molar-refractivity contribution in [3.05, 3.63) is 32.3 Å². The zero-order valence-corrected chi connectivity index (χ0v) is 8.42. The number of carbonyl (C=O) groups excluding carboxylic acids is 1. The van der Waals surface area contributed by atoms with Crippen molar-refractivity contribution in [1.29, 1.82) is 0 Å². The maximum atomic E-state index is 12.9. The van der Waals surface area contributed by atoms with Crippen molar-refractivity contribution in [1.82, 2.24) is 0 Å². The Balaban J connectivity index is 3.64. The number of nitro benzene ring substituents is 1. The van der Waals surface area contributed by atoms with Crippen molar-refractivity contribution in [2.45, 2.75) is 0 Å². The first kappa shape index (κ1) is 11.4. The number of benzene rings is 1. The minimum absolute atomic E-state index is 0.344. The lowest BCUT2D eigenvalue weighted by molar-refractivity contribution is -0.384. The number of nitro groups is 1. The van der Waals surface area contributed by atoms with E-state index in [1.807, 2.05) is 0 Å². The third kappa shape index (κ3) is 2.05. The Morgan fingerprint density at radius 1 is 1.53 bits per heavy atom. The van der Waals surface area contributed by atoms with Crippen molar-refractivity contribution >= 4 is 33.4 Å². The molecule has 15 heavy (non-hydrogen) atoms. The van der Waals surface area contributed by atoms with Crippen LogP contribution in [0.2, 0.25) is 0 Å². The van der Waals surface area contributed by atoms with E-state index in [4.69, 9.17) is 0 Å². The highest BCUT2D eigenvalue weighted by Crippen LogP contribution is 2.37. The first-order valence-electron chi connectivity index (χ1n) is 3.38. The first-order valence-corrected chi connectivity index (χ1v) is 4.18. The van der Waals surface area contributed by atoms with Gasteiger partial charge in [-0.25, -0.2) is 13.6 Å². The molecule has 0 amide bonds. The van der Waals surface area contributed by atoms with Crippen molar-refractivity contribution in [3.63, 3.8) is 0 Å². The number of halogens is 3. The molecule has 1 aromatic rings. The summed E-state index contributed by atoms with van der Waals surface area (Å²) in [6.45, 7) is 0. The van der Waals surface area contributed by atoms with Gasteiger partial charge in [0.1, 0.15) is 0 Å². The Labute approximate surface area is 89.7 Å². The normalized spacial score (nSPS) is 9.53. The molecule has 0 heterocycles. The lowest BCUT2D eigenvalue weighted by atomic mass is 10.2. The number of aliphatic imine (C=N–C) groups is 1. The Morgan fingerprint density at radius 2 is 2.13 bits per heavy atom. The van der Waals surface area contributed by atoms with E-state index < -0.39 is 32.4 Å². The molecule has 0 aliphatic heterocycles. The van der Waals surface area contributed by atoms with Crippen molar-refractivity contribution < 1.29 is 18.5 Å². The molecule has 0 bridgehead atoms. The quantitative estimate of drug-likeness (QED) is 0.274. The fraction of sp³-hybridized carbons (Fsp3) is 0. The molecule has 0 saturated heterocycles. The van der Waals surface area contributed by atoms with Gasteiger partial charge in [0.15, 0.2) is 17.3 Å². The van der Waals surface area contributed by atoms with Gasteiger partial charge in [0.25, 0.3) is 5.69 Å². The summed E-state index contributed by atoms with van der Waals surface area (Å²) in [4.78, 5) is 22.3. The zero-order valence-electron chi connectivity index (χ0n) is 6.83. The van der Waals surface area contributed by atoms with Crippen LogP contribution in [0.4, 0.5) is 20.2 Å². The van der Waals surface area contributed by atoms with Gasteiger partial charge in [0.2, 0.25) is 6.08 Å². The van der Waals surface area contributed by atoms with Crippen LogP contribution >= 0.6 is 15.9 Å². The number of rotatable bonds is 2. The van der Waals surface area contributed by atoms with Gasteiger partial charge in [0, 0.05) is 0 Å². The molecule has 0 aromatic heterocycles. The summed E-state index contributed by atoms with van der Waals surface area (Å²) < 4.78 is 25.1. The van der Waals surface area contributed by atoms with Gasteiger partial charge in [0.05, 0.1) is 15.5 Å². The van der Waals surface area contributed by atoms with Crippen LogP contribution in [0, 0.1) is 21.7 Å². The Hall–Kier alpha value is -1.66. The molecule has 0 saturated carbocycles. The SMILES string of the molecule is O=C=Nc1c([N+](=O)[O-])cc(F)c(F)c1Br. The number of nitrogens with zero attached hydrogens (tertiary/aromatic N) is 2. The van der Waals surface area contributed by atoms with Gasteiger partial charge in [-0.3, -0.25) is 10.1 Å². The summed E-state index contributed by atoms with van der Waals surface area (Å²) in [5.74, 6) is -2.76. The molecule has 0 aliphatic carbocycles. The van der Waals surface area contributed by atoms with Crippen LogP contribution in [0.5, 0.6) is 0 Å². The van der Waals surface area contributed by atoms with E-state index in [9.17, 15) is 23.7 Å². The molecular weight excluding hydrogens is 278 g/mol. The lowest BCUT2D eigenvalue weighted by Crippen LogP contribution is -1.94. The molecule has 0 spiro atoms. The minimum Gasteiger partial charge on any atom is -0.258 e. The summed E-state index contributed by atoms with van der Waals surface area (Å²) in [6.07, 6.45) is 1.02. The highest BCUT2D eigenvalue weighted by Gasteiger charge is 2.23. The van der Waals surface area contributed by atoms with Crippen LogP contribution < -0.4 is 0 Å². The van der Waals surface area contributed by atoms with E-state index in [1.54, 1.807) is 0 Å². The van der Waals surface area contributed by atoms with Crippen LogP contribution in [0.3, 0.4) is 0 Å². The largest absolute Gasteiger partial charge is 0.300 e. The number of isocyanates is 1. The summed E-state index contributed by atoms with van der Waals surface area (Å²) in [7, 11) is 0. The molecule has 5 nitrogen and oxygen atoms in total. The molecule has 0 aliphatic rings. The van der Waals surface area contributed by atoms with Crippen molar-refractivity contribution in [3.8, 4) is 0 Å². The van der Waals surface area contributed by atoms with Crippen molar-refractivity contribution in [2.75, 3.05) is 0 Å². The van der Waals surface area contributed by atoms with Crippen molar-refractivity contribution in [2.24, 2.45) is 4.99 Å². The topological polar surface area (TPSA) is 72.6 Å². The van der Waals surface area contributed by atoms with Crippen LogP contribution in [-0.4, -0.2) is 11.0 Å². The third-order valence-electron chi connectivity index (χ3n) is 1.47. The predicted octanol–water partition coefficient (Wildman–Crippen LogP) is 2.60. The minimum atomic E-state index is -1.40. The summed E-state index contributed by atoms with van der Waals surface area (Å²) in [5, 5.41) is 10.4. The number of hydrogen-bond acceptors (Lipinski definition) is 4. The fourth-order valence-corrected chi connectivity index (χ4v) is 1.35. The maximum Gasteiger partial charge on any atom is 0.300 e. The second kappa shape index (κ2) is 4.24. The van der Waals surface area contributed by atoms with E-state index in [0.29, 0.717) is 6.07 Å². The number of hydrogen-bond donors (Lipinski definition) is 0. The zero-order chi connectivity index (χ0) is 11.6. The molecule has 0 atom stereocenters. The monoisotopic (exact) mass is 278 g/mol. The molecule has 1 aromatic carbocycles. The standard InChI is InChI=1S/C7HBrF2N2O3/c8-5-6(10)3(9)1-4(12(14)15)7(5)11-2-13/h1H. The van der Waals surface area contributed by atoms with E-state index in [-0.39, 0.29) is 0 Å². The van der Waals surface area contributed by atoms with Gasteiger partial charge in [-0.15, -0.1) is 0 Å². The third-order valence-corrected chi connectivity index (χ3v) is 2.19. The molecule has 0 fully saturated rings. The fourth-order valence-electron chi connectivity index (χ4n) is 0.864. The van der Waals surface area contributed by atoms with E-state index >= 15 is 0 Å². The summed E-state index contributed by atoms with van der Waals surface area (Å²) in [6, 6.07) is 0.344. The molecule has 0 unspecified atom stereocenters. The Bertz CT molecular complexity index is 486. The van der Waals surface area contributed by atoms with Crippen LogP contribution in [0.1, 0.15) is 0 Å². The summed E-state index contributed by atoms with van der Waals surface area (Å²) >= 11 is 2.56. The Morgan fingerprint density at radius 3 is 2.60 bits per heavy atom. The maximum absolute atomic E-state index is 12.9. The van der Waals surface area contributed by atoms with Gasteiger partial charge < -0.3 is 0 Å². The smallest absolute Gasteiger partial charge is 0.258 e. The van der Waals surface area contributed by atoms with E-state index in [0.717, 1.165) is 6.08 Å². The van der Waals surface area contributed by atoms with Gasteiger partial charge >= 0.3 is 0 Å². The average molecular weight is 279 g/mol. The molecule has 8 heteroatoms. The lowest BCUT2D eigenvalue weighted by Gasteiger charge is -2.00. The van der Waals surface area contributed by atoms with E-state index in [1.165, 1.54) is 0 Å². The second-order valence-corrected chi connectivity index (χ2v) is 3.11. The molecule has 0 radical (unpaired) electrons. The van der Waals surface area contributed by atoms with Crippen LogP contribution in [0.25, 0.3) is 0 Å². The molecular formula is C7HBrF2N2O3. The van der Waals surface area contributed by atoms with Gasteiger partial charge in [-0.05, 0) is 15.9 Å². The van der Waals surface area contributed by atoms with Crippen LogP contribution in [-0.2, 0) is 4.79 Å². The van der Waals surface area contributed by atoms with Gasteiger partial charge in [-0.2, -0.15) is 4.99 Å².